The van der Waals surface area contributed by atoms with Crippen LogP contribution in [0.5, 0.6) is 0 Å². The summed E-state index contributed by atoms with van der Waals surface area (Å²) in [4.78, 5) is 9.00. The van der Waals surface area contributed by atoms with Gasteiger partial charge in [0, 0.05) is 6.92 Å². The summed E-state index contributed by atoms with van der Waals surface area (Å²) >= 11 is 0. The van der Waals surface area contributed by atoms with Crippen LogP contribution in [0.1, 0.15) is 6.92 Å². The maximum absolute atomic E-state index is 9.00. The molecular formula is C2H7GaO2. The van der Waals surface area contributed by atoms with E-state index in [1.807, 2.05) is 0 Å². The molecule has 0 saturated carbocycles. The van der Waals surface area contributed by atoms with Gasteiger partial charge in [-0.2, -0.15) is 0 Å². The summed E-state index contributed by atoms with van der Waals surface area (Å²) in [7, 11) is 0. The number of carboxylic acids is 1. The van der Waals surface area contributed by atoms with E-state index in [2.05, 4.69) is 0 Å². The third-order valence-corrected chi connectivity index (χ3v) is 0. The van der Waals surface area contributed by atoms with E-state index in [1.165, 1.54) is 0 Å². The van der Waals surface area contributed by atoms with E-state index in [9.17, 15) is 0 Å². The molecule has 0 saturated heterocycles. The van der Waals surface area contributed by atoms with E-state index < -0.39 is 5.97 Å². The first kappa shape index (κ1) is 8.92. The number of hydrogen-bond donors (Lipinski definition) is 1. The van der Waals surface area contributed by atoms with Crippen molar-refractivity contribution in [3.05, 3.63) is 0 Å². The van der Waals surface area contributed by atoms with E-state index in [-0.39, 0.29) is 19.8 Å². The molecule has 0 aromatic rings. The Morgan fingerprint density at radius 3 is 1.80 bits per heavy atom. The molecule has 0 radical (unpaired) electrons. The van der Waals surface area contributed by atoms with Gasteiger partial charge in [-0.15, -0.1) is 0 Å². The van der Waals surface area contributed by atoms with Crippen LogP contribution in [0, 0.1) is 0 Å². The third kappa shape index (κ3) is 1610. The summed E-state index contributed by atoms with van der Waals surface area (Å²) in [5.41, 5.74) is 0. The van der Waals surface area contributed by atoms with Crippen LogP contribution in [-0.2, 0) is 4.79 Å². The van der Waals surface area contributed by atoms with Crippen LogP contribution in [0.3, 0.4) is 0 Å². The molecule has 0 aliphatic heterocycles. The molecule has 30 valence electrons. The Morgan fingerprint density at radius 1 is 1.80 bits per heavy atom. The van der Waals surface area contributed by atoms with E-state index in [0.717, 1.165) is 6.92 Å². The maximum atomic E-state index is 9.00. The molecule has 1 N–H and O–H groups in total. The van der Waals surface area contributed by atoms with E-state index in [0.29, 0.717) is 0 Å². The van der Waals surface area contributed by atoms with Gasteiger partial charge < -0.3 is 5.11 Å². The zero-order valence-electron chi connectivity index (χ0n) is 2.36. The van der Waals surface area contributed by atoms with Gasteiger partial charge in [0.15, 0.2) is 0 Å². The fraction of sp³-hybridized carbons (Fsp3) is 0.500. The molecule has 0 amide bonds. The normalized spacial score (nSPS) is 5.00. The summed E-state index contributed by atoms with van der Waals surface area (Å²) in [6, 6.07) is 0. The standard InChI is InChI=1S/C2H4O2.Ga.3H/c1-2(3)4;;;;/h1H3,(H,3,4);;;;. The molecule has 0 unspecified atom stereocenters. The van der Waals surface area contributed by atoms with Crippen molar-refractivity contribution in [2.45, 2.75) is 6.92 Å². The van der Waals surface area contributed by atoms with Crippen molar-refractivity contribution in [1.82, 2.24) is 0 Å². The van der Waals surface area contributed by atoms with Crippen LogP contribution >= 0.6 is 0 Å². The summed E-state index contributed by atoms with van der Waals surface area (Å²) in [5.74, 6) is -0.833. The number of rotatable bonds is 0. The van der Waals surface area contributed by atoms with Crippen LogP contribution in [-0.4, -0.2) is 30.9 Å². The number of carboxylic acid groups (broad SMARTS) is 1. The average molecular weight is 133 g/mol. The molecule has 0 heterocycles. The van der Waals surface area contributed by atoms with Crippen molar-refractivity contribution in [2.75, 3.05) is 0 Å². The van der Waals surface area contributed by atoms with E-state index in [1.54, 1.807) is 0 Å². The van der Waals surface area contributed by atoms with Gasteiger partial charge in [-0.25, -0.2) is 0 Å². The van der Waals surface area contributed by atoms with Gasteiger partial charge >= 0.3 is 19.8 Å². The van der Waals surface area contributed by atoms with E-state index >= 15 is 0 Å². The van der Waals surface area contributed by atoms with Gasteiger partial charge in [0.1, 0.15) is 0 Å². The molecule has 0 atom stereocenters. The second-order valence-electron chi connectivity index (χ2n) is 0.519. The predicted octanol–water partition coefficient (Wildman–Crippen LogP) is -1.09. The molecule has 3 heteroatoms. The molecule has 2 nitrogen and oxygen atoms in total. The number of carbonyl (C=O) groups is 1. The molecule has 0 aromatic carbocycles. The first-order valence-corrected chi connectivity index (χ1v) is 0.928. The zero-order chi connectivity index (χ0) is 3.58. The molecule has 0 fully saturated rings. The van der Waals surface area contributed by atoms with Crippen molar-refractivity contribution in [3.63, 3.8) is 0 Å². The Balaban J connectivity index is 0. The Morgan fingerprint density at radius 2 is 1.80 bits per heavy atom. The molecular weight excluding hydrogens is 126 g/mol. The zero-order valence-corrected chi connectivity index (χ0v) is 2.36. The fourth-order valence-corrected chi connectivity index (χ4v) is 0. The van der Waals surface area contributed by atoms with Crippen LogP contribution in [0.15, 0.2) is 0 Å². The van der Waals surface area contributed by atoms with Crippen LogP contribution in [0.25, 0.3) is 0 Å². The molecule has 0 aliphatic rings. The minimum absolute atomic E-state index is 0. The Kier molecular flexibility index (Phi) is 7.33. The Hall–Kier alpha value is 0.106. The van der Waals surface area contributed by atoms with E-state index in [4.69, 9.17) is 9.90 Å². The molecule has 5 heavy (non-hydrogen) atoms. The average Bonchev–Trinajstić information content (AvgIpc) is 0.811. The Bertz CT molecular complexity index is 30.6. The summed E-state index contributed by atoms with van der Waals surface area (Å²) in [6.07, 6.45) is 0. The predicted molar refractivity (Wildman–Crippen MR) is 23.2 cm³/mol. The van der Waals surface area contributed by atoms with Gasteiger partial charge in [0.05, 0.1) is 0 Å². The second kappa shape index (κ2) is 4.11. The molecule has 0 bridgehead atoms. The topological polar surface area (TPSA) is 37.3 Å². The van der Waals surface area contributed by atoms with Crippen molar-refractivity contribution < 1.29 is 9.90 Å². The monoisotopic (exact) mass is 132 g/mol. The molecule has 0 spiro atoms. The molecule has 0 rings (SSSR count). The van der Waals surface area contributed by atoms with Gasteiger partial charge in [0.25, 0.3) is 5.97 Å². The van der Waals surface area contributed by atoms with Crippen LogP contribution < -0.4 is 0 Å². The van der Waals surface area contributed by atoms with Crippen molar-refractivity contribution in [1.29, 1.82) is 0 Å². The number of hydrogen-bond acceptors (Lipinski definition) is 1. The Labute approximate surface area is 43.2 Å². The quantitative estimate of drug-likeness (QED) is 0.426. The first-order valence-electron chi connectivity index (χ1n) is 0.928. The van der Waals surface area contributed by atoms with Crippen LogP contribution in [0.2, 0.25) is 0 Å². The van der Waals surface area contributed by atoms with Gasteiger partial charge in [0.2, 0.25) is 0 Å². The second-order valence-corrected chi connectivity index (χ2v) is 0.519. The SMILES string of the molecule is CC(=O)O.[GaH3]. The van der Waals surface area contributed by atoms with Crippen molar-refractivity contribution in [2.24, 2.45) is 0 Å². The molecule has 0 aromatic heterocycles. The van der Waals surface area contributed by atoms with Crippen molar-refractivity contribution in [3.8, 4) is 0 Å². The van der Waals surface area contributed by atoms with Gasteiger partial charge in [-0.1, -0.05) is 0 Å². The minimum atomic E-state index is -0.833. The third-order valence-electron chi connectivity index (χ3n) is 0. The first-order chi connectivity index (χ1) is 1.73. The number of aliphatic carboxylic acids is 1. The summed E-state index contributed by atoms with van der Waals surface area (Å²) < 4.78 is 0. The van der Waals surface area contributed by atoms with Crippen molar-refractivity contribution >= 4 is 25.8 Å². The fourth-order valence-electron chi connectivity index (χ4n) is 0. The van der Waals surface area contributed by atoms with Gasteiger partial charge in [-0.05, 0) is 0 Å². The van der Waals surface area contributed by atoms with Crippen LogP contribution in [0.4, 0.5) is 0 Å². The summed E-state index contributed by atoms with van der Waals surface area (Å²) in [6.45, 7) is 1.08. The molecule has 0 aliphatic carbocycles. The summed E-state index contributed by atoms with van der Waals surface area (Å²) in [5, 5.41) is 7.42. The van der Waals surface area contributed by atoms with Gasteiger partial charge in [-0.3, -0.25) is 4.79 Å².